The van der Waals surface area contributed by atoms with E-state index < -0.39 is 17.5 Å². The fourth-order valence-electron chi connectivity index (χ4n) is 2.46. The Morgan fingerprint density at radius 2 is 1.75 bits per heavy atom. The number of rotatable bonds is 6. The first kappa shape index (κ1) is 19.2. The van der Waals surface area contributed by atoms with Crippen molar-refractivity contribution in [1.29, 1.82) is 0 Å². The van der Waals surface area contributed by atoms with Crippen molar-refractivity contribution in [3.05, 3.63) is 89.8 Å². The maximum Gasteiger partial charge on any atom is 0.321 e. The monoisotopic (exact) mass is 381 g/mol. The molecule has 1 amide bonds. The molecule has 142 valence electrons. The van der Waals surface area contributed by atoms with Gasteiger partial charge in [0, 0.05) is 24.0 Å². The normalized spacial score (nSPS) is 12.0. The van der Waals surface area contributed by atoms with E-state index in [9.17, 15) is 13.6 Å². The van der Waals surface area contributed by atoms with Crippen molar-refractivity contribution >= 4 is 12.0 Å². The first-order valence-corrected chi connectivity index (χ1v) is 8.50. The van der Waals surface area contributed by atoms with E-state index in [-0.39, 0.29) is 17.6 Å². The van der Waals surface area contributed by atoms with Gasteiger partial charge in [-0.05, 0) is 48.9 Å². The van der Waals surface area contributed by atoms with Crippen molar-refractivity contribution in [2.24, 2.45) is 0 Å². The summed E-state index contributed by atoms with van der Waals surface area (Å²) in [5.74, 6) is -1.42. The van der Waals surface area contributed by atoms with Crippen LogP contribution in [0.5, 0.6) is 11.8 Å². The Hall–Kier alpha value is -3.61. The molecule has 3 rings (SSSR count). The van der Waals surface area contributed by atoms with Crippen molar-refractivity contribution in [1.82, 2.24) is 15.3 Å². The summed E-state index contributed by atoms with van der Waals surface area (Å²) < 4.78 is 32.8. The van der Waals surface area contributed by atoms with Gasteiger partial charge in [0.1, 0.15) is 17.4 Å². The number of amides is 1. The first-order valence-electron chi connectivity index (χ1n) is 8.50. The number of benzene rings is 2. The highest BCUT2D eigenvalue weighted by molar-refractivity contribution is 5.92. The molecule has 2 aromatic carbocycles. The molecule has 3 aromatic rings. The molecular formula is C21H17F2N3O2. The van der Waals surface area contributed by atoms with Crippen LogP contribution in [0.4, 0.5) is 8.78 Å². The Balaban J connectivity index is 1.65. The lowest BCUT2D eigenvalue weighted by atomic mass is 10.1. The number of nitrogens with one attached hydrogen (secondary N) is 1. The van der Waals surface area contributed by atoms with Crippen molar-refractivity contribution in [2.75, 3.05) is 0 Å². The van der Waals surface area contributed by atoms with Crippen LogP contribution in [0.1, 0.15) is 24.1 Å². The average Bonchev–Trinajstić information content (AvgIpc) is 2.68. The summed E-state index contributed by atoms with van der Waals surface area (Å²) >= 11 is 0. The van der Waals surface area contributed by atoms with Gasteiger partial charge in [-0.15, -0.1) is 0 Å². The minimum atomic E-state index is -0.731. The fraction of sp³-hybridized carbons (Fsp3) is 0.0952. The highest BCUT2D eigenvalue weighted by atomic mass is 19.1. The van der Waals surface area contributed by atoms with Gasteiger partial charge in [-0.1, -0.05) is 18.2 Å². The van der Waals surface area contributed by atoms with Crippen molar-refractivity contribution in [3.63, 3.8) is 0 Å². The SMILES string of the molecule is C[C@H](NC(=O)C=Cc1c(F)cccc1F)c1cccc(Oc2ncccn2)c1. The second-order valence-electron chi connectivity index (χ2n) is 5.90. The molecule has 0 aliphatic rings. The summed E-state index contributed by atoms with van der Waals surface area (Å²) in [6.07, 6.45) is 5.34. The lowest BCUT2D eigenvalue weighted by Crippen LogP contribution is -2.24. The van der Waals surface area contributed by atoms with E-state index in [1.807, 2.05) is 6.07 Å². The highest BCUT2D eigenvalue weighted by Crippen LogP contribution is 2.22. The van der Waals surface area contributed by atoms with Crippen LogP contribution >= 0.6 is 0 Å². The molecule has 0 saturated heterocycles. The largest absolute Gasteiger partial charge is 0.424 e. The molecule has 1 atom stereocenters. The molecule has 28 heavy (non-hydrogen) atoms. The Morgan fingerprint density at radius 1 is 1.07 bits per heavy atom. The number of hydrogen-bond acceptors (Lipinski definition) is 4. The number of aromatic nitrogens is 2. The van der Waals surface area contributed by atoms with Gasteiger partial charge in [0.25, 0.3) is 0 Å². The lowest BCUT2D eigenvalue weighted by molar-refractivity contribution is -0.117. The number of hydrogen-bond donors (Lipinski definition) is 1. The predicted octanol–water partition coefficient (Wildman–Crippen LogP) is 4.44. The Morgan fingerprint density at radius 3 is 2.46 bits per heavy atom. The quantitative estimate of drug-likeness (QED) is 0.641. The standard InChI is InChI=1S/C21H17F2N3O2/c1-14(26-20(27)10-9-17-18(22)7-3-8-19(17)23)15-5-2-6-16(13-15)28-21-24-11-4-12-25-21/h2-14H,1H3,(H,26,27)/t14-/m0/s1. The van der Waals surface area contributed by atoms with Crippen molar-refractivity contribution in [3.8, 4) is 11.8 Å². The highest BCUT2D eigenvalue weighted by Gasteiger charge is 2.10. The molecule has 0 aliphatic heterocycles. The van der Waals surface area contributed by atoms with Crippen molar-refractivity contribution in [2.45, 2.75) is 13.0 Å². The van der Waals surface area contributed by atoms with E-state index in [4.69, 9.17) is 4.74 Å². The summed E-state index contributed by atoms with van der Waals surface area (Å²) in [6.45, 7) is 1.79. The molecule has 0 aliphatic carbocycles. The molecular weight excluding hydrogens is 364 g/mol. The molecule has 1 aromatic heterocycles. The second kappa shape index (κ2) is 8.85. The Bertz CT molecular complexity index is 974. The maximum atomic E-state index is 13.6. The van der Waals surface area contributed by atoms with E-state index in [2.05, 4.69) is 15.3 Å². The van der Waals surface area contributed by atoms with E-state index >= 15 is 0 Å². The van der Waals surface area contributed by atoms with Gasteiger partial charge in [0.15, 0.2) is 0 Å². The molecule has 0 bridgehead atoms. The van der Waals surface area contributed by atoms with E-state index in [1.54, 1.807) is 43.6 Å². The summed E-state index contributed by atoms with van der Waals surface area (Å²) in [6, 6.07) is 12.2. The zero-order chi connectivity index (χ0) is 19.9. The molecule has 0 radical (unpaired) electrons. The topological polar surface area (TPSA) is 64.1 Å². The van der Waals surface area contributed by atoms with Crippen LogP contribution in [0.15, 0.2) is 67.0 Å². The number of carbonyl (C=O) groups excluding carboxylic acids is 1. The van der Waals surface area contributed by atoms with Crippen LogP contribution in [0.2, 0.25) is 0 Å². The lowest BCUT2D eigenvalue weighted by Gasteiger charge is -2.14. The predicted molar refractivity (Wildman–Crippen MR) is 100 cm³/mol. The van der Waals surface area contributed by atoms with Crippen LogP contribution in [0.3, 0.4) is 0 Å². The molecule has 0 spiro atoms. The summed E-state index contributed by atoms with van der Waals surface area (Å²) in [7, 11) is 0. The van der Waals surface area contributed by atoms with E-state index in [1.165, 1.54) is 6.07 Å². The van der Waals surface area contributed by atoms with Crippen LogP contribution in [0.25, 0.3) is 6.08 Å². The van der Waals surface area contributed by atoms with Gasteiger partial charge in [0.05, 0.1) is 6.04 Å². The van der Waals surface area contributed by atoms with Gasteiger partial charge >= 0.3 is 6.01 Å². The average molecular weight is 381 g/mol. The van der Waals surface area contributed by atoms with Crippen molar-refractivity contribution < 1.29 is 18.3 Å². The number of nitrogens with zero attached hydrogens (tertiary/aromatic N) is 2. The number of halogens is 2. The number of carbonyl (C=O) groups is 1. The van der Waals surface area contributed by atoms with Crippen LogP contribution in [-0.4, -0.2) is 15.9 Å². The van der Waals surface area contributed by atoms with Crippen LogP contribution in [0, 0.1) is 11.6 Å². The molecule has 0 fully saturated rings. The minimum absolute atomic E-state index is 0.214. The molecule has 1 heterocycles. The van der Waals surface area contributed by atoms with E-state index in [0.29, 0.717) is 5.75 Å². The molecule has 0 saturated carbocycles. The van der Waals surface area contributed by atoms with Gasteiger partial charge in [0.2, 0.25) is 5.91 Å². The van der Waals surface area contributed by atoms with Crippen LogP contribution in [-0.2, 0) is 4.79 Å². The third-order valence-electron chi connectivity index (χ3n) is 3.87. The molecule has 0 unspecified atom stereocenters. The maximum absolute atomic E-state index is 13.6. The van der Waals surface area contributed by atoms with Gasteiger partial charge in [-0.3, -0.25) is 4.79 Å². The third kappa shape index (κ3) is 4.97. The molecule has 1 N–H and O–H groups in total. The minimum Gasteiger partial charge on any atom is -0.424 e. The Kier molecular flexibility index (Phi) is 6.06. The number of ether oxygens (including phenoxy) is 1. The zero-order valence-electron chi connectivity index (χ0n) is 15.0. The Labute approximate surface area is 160 Å². The second-order valence-corrected chi connectivity index (χ2v) is 5.90. The van der Waals surface area contributed by atoms with Crippen LogP contribution < -0.4 is 10.1 Å². The van der Waals surface area contributed by atoms with Gasteiger partial charge in [-0.25, -0.2) is 18.7 Å². The van der Waals surface area contributed by atoms with E-state index in [0.717, 1.165) is 29.8 Å². The smallest absolute Gasteiger partial charge is 0.321 e. The third-order valence-corrected chi connectivity index (χ3v) is 3.87. The fourth-order valence-corrected chi connectivity index (χ4v) is 2.46. The molecule has 7 heteroatoms. The summed E-state index contributed by atoms with van der Waals surface area (Å²) in [5, 5.41) is 2.74. The molecule has 5 nitrogen and oxygen atoms in total. The van der Waals surface area contributed by atoms with Gasteiger partial charge in [-0.2, -0.15) is 0 Å². The summed E-state index contributed by atoms with van der Waals surface area (Å²) in [5.41, 5.74) is 0.524. The first-order chi connectivity index (χ1) is 13.5. The van der Waals surface area contributed by atoms with Gasteiger partial charge < -0.3 is 10.1 Å². The summed E-state index contributed by atoms with van der Waals surface area (Å²) in [4.78, 5) is 20.1. The zero-order valence-corrected chi connectivity index (χ0v) is 15.0.